The molecule has 0 spiro atoms. The Hall–Kier alpha value is -1.62. The zero-order valence-electron chi connectivity index (χ0n) is 12.6. The van der Waals surface area contributed by atoms with E-state index in [9.17, 15) is 9.90 Å². The molecule has 0 fully saturated rings. The number of rotatable bonds is 7. The molecule has 0 aliphatic rings. The molecule has 0 saturated carbocycles. The van der Waals surface area contributed by atoms with Crippen molar-refractivity contribution in [3.05, 3.63) is 23.9 Å². The van der Waals surface area contributed by atoms with Crippen LogP contribution in [0.4, 0.5) is 0 Å². The summed E-state index contributed by atoms with van der Waals surface area (Å²) in [6, 6.07) is 3.11. The number of carboxylic acid groups (broad SMARTS) is 1. The van der Waals surface area contributed by atoms with Crippen molar-refractivity contribution in [3.63, 3.8) is 0 Å². The molecule has 1 rings (SSSR count). The fraction of sp³-hybridized carbons (Fsp3) is 0.600. The van der Waals surface area contributed by atoms with Gasteiger partial charge in [0.25, 0.3) is 0 Å². The molecule has 1 atom stereocenters. The SMILES string of the molecule is COc1cc(CN[C@@H](CCC(C)(C)C)C(=O)O)ccn1. The average molecular weight is 280 g/mol. The van der Waals surface area contributed by atoms with Crippen molar-refractivity contribution in [2.24, 2.45) is 5.41 Å². The lowest BCUT2D eigenvalue weighted by atomic mass is 9.88. The van der Waals surface area contributed by atoms with Gasteiger partial charge in [0.15, 0.2) is 0 Å². The summed E-state index contributed by atoms with van der Waals surface area (Å²) >= 11 is 0. The lowest BCUT2D eigenvalue weighted by Crippen LogP contribution is -2.37. The van der Waals surface area contributed by atoms with E-state index in [1.807, 2.05) is 6.07 Å². The van der Waals surface area contributed by atoms with Gasteiger partial charge in [0.05, 0.1) is 7.11 Å². The number of aliphatic carboxylic acids is 1. The lowest BCUT2D eigenvalue weighted by molar-refractivity contribution is -0.139. The molecule has 5 nitrogen and oxygen atoms in total. The molecule has 20 heavy (non-hydrogen) atoms. The zero-order chi connectivity index (χ0) is 15.2. The molecule has 0 aromatic carbocycles. The van der Waals surface area contributed by atoms with Gasteiger partial charge in [0.1, 0.15) is 6.04 Å². The Morgan fingerprint density at radius 3 is 2.75 bits per heavy atom. The van der Waals surface area contributed by atoms with Crippen molar-refractivity contribution in [1.82, 2.24) is 10.3 Å². The van der Waals surface area contributed by atoms with Gasteiger partial charge in [-0.15, -0.1) is 0 Å². The topological polar surface area (TPSA) is 71.5 Å². The third-order valence-electron chi connectivity index (χ3n) is 3.04. The Kier molecular flexibility index (Phi) is 5.95. The van der Waals surface area contributed by atoms with Crippen LogP contribution in [-0.4, -0.2) is 29.2 Å². The first kappa shape index (κ1) is 16.4. The first-order chi connectivity index (χ1) is 9.31. The van der Waals surface area contributed by atoms with Crippen LogP contribution < -0.4 is 10.1 Å². The predicted octanol–water partition coefficient (Wildman–Crippen LogP) is 2.46. The Balaban J connectivity index is 2.56. The van der Waals surface area contributed by atoms with Gasteiger partial charge < -0.3 is 15.2 Å². The van der Waals surface area contributed by atoms with Gasteiger partial charge in [-0.2, -0.15) is 0 Å². The maximum atomic E-state index is 11.3. The smallest absolute Gasteiger partial charge is 0.320 e. The molecule has 0 unspecified atom stereocenters. The highest BCUT2D eigenvalue weighted by Crippen LogP contribution is 2.21. The number of hydrogen-bond acceptors (Lipinski definition) is 4. The molecular weight excluding hydrogens is 256 g/mol. The minimum Gasteiger partial charge on any atom is -0.481 e. The predicted molar refractivity (Wildman–Crippen MR) is 77.7 cm³/mol. The Morgan fingerprint density at radius 2 is 2.20 bits per heavy atom. The number of carboxylic acids is 1. The molecule has 0 amide bonds. The maximum absolute atomic E-state index is 11.3. The number of nitrogens with zero attached hydrogens (tertiary/aromatic N) is 1. The molecule has 2 N–H and O–H groups in total. The number of methoxy groups -OCH3 is 1. The average Bonchev–Trinajstić information content (AvgIpc) is 2.37. The number of carbonyl (C=O) groups is 1. The normalized spacial score (nSPS) is 13.0. The van der Waals surface area contributed by atoms with E-state index in [-0.39, 0.29) is 5.41 Å². The molecule has 0 saturated heterocycles. The summed E-state index contributed by atoms with van der Waals surface area (Å²) < 4.78 is 5.05. The molecule has 0 bridgehead atoms. The summed E-state index contributed by atoms with van der Waals surface area (Å²) in [6.07, 6.45) is 3.12. The molecule has 5 heteroatoms. The van der Waals surface area contributed by atoms with Gasteiger partial charge in [-0.05, 0) is 29.9 Å². The van der Waals surface area contributed by atoms with Crippen molar-refractivity contribution >= 4 is 5.97 Å². The van der Waals surface area contributed by atoms with Crippen molar-refractivity contribution in [1.29, 1.82) is 0 Å². The van der Waals surface area contributed by atoms with Crippen LogP contribution in [0.2, 0.25) is 0 Å². The van der Waals surface area contributed by atoms with Crippen molar-refractivity contribution in [3.8, 4) is 5.88 Å². The van der Waals surface area contributed by atoms with Crippen molar-refractivity contribution < 1.29 is 14.6 Å². The largest absolute Gasteiger partial charge is 0.481 e. The van der Waals surface area contributed by atoms with Crippen LogP contribution in [0.25, 0.3) is 0 Å². The van der Waals surface area contributed by atoms with E-state index in [2.05, 4.69) is 31.1 Å². The number of aromatic nitrogens is 1. The Morgan fingerprint density at radius 1 is 1.50 bits per heavy atom. The number of hydrogen-bond donors (Lipinski definition) is 2. The van der Waals surface area contributed by atoms with E-state index >= 15 is 0 Å². The molecule has 1 aromatic heterocycles. The van der Waals surface area contributed by atoms with Gasteiger partial charge in [-0.25, -0.2) is 4.98 Å². The van der Waals surface area contributed by atoms with E-state index in [4.69, 9.17) is 4.74 Å². The van der Waals surface area contributed by atoms with E-state index in [1.54, 1.807) is 19.4 Å². The maximum Gasteiger partial charge on any atom is 0.320 e. The molecule has 1 aromatic rings. The number of nitrogens with one attached hydrogen (secondary N) is 1. The minimum absolute atomic E-state index is 0.134. The van der Waals surface area contributed by atoms with E-state index in [0.29, 0.717) is 18.8 Å². The zero-order valence-corrected chi connectivity index (χ0v) is 12.6. The summed E-state index contributed by atoms with van der Waals surface area (Å²) in [5, 5.41) is 12.3. The molecule has 112 valence electrons. The quantitative estimate of drug-likeness (QED) is 0.802. The van der Waals surface area contributed by atoms with Crippen molar-refractivity contribution in [2.75, 3.05) is 7.11 Å². The van der Waals surface area contributed by atoms with Gasteiger partial charge in [0, 0.05) is 18.8 Å². The molecule has 1 heterocycles. The minimum atomic E-state index is -0.810. The van der Waals surface area contributed by atoms with Gasteiger partial charge in [0.2, 0.25) is 5.88 Å². The fourth-order valence-corrected chi connectivity index (χ4v) is 1.80. The van der Waals surface area contributed by atoms with Crippen LogP contribution in [0, 0.1) is 5.41 Å². The Labute approximate surface area is 120 Å². The number of pyridine rings is 1. The first-order valence-corrected chi connectivity index (χ1v) is 6.77. The molecular formula is C15H24N2O3. The van der Waals surface area contributed by atoms with Gasteiger partial charge in [-0.1, -0.05) is 20.8 Å². The second kappa shape index (κ2) is 7.24. The first-order valence-electron chi connectivity index (χ1n) is 6.77. The summed E-state index contributed by atoms with van der Waals surface area (Å²) in [7, 11) is 1.56. The van der Waals surface area contributed by atoms with Crippen LogP contribution in [0.1, 0.15) is 39.2 Å². The monoisotopic (exact) mass is 280 g/mol. The van der Waals surface area contributed by atoms with E-state index in [0.717, 1.165) is 12.0 Å². The van der Waals surface area contributed by atoms with Gasteiger partial charge in [-0.3, -0.25) is 4.79 Å². The highest BCUT2D eigenvalue weighted by Gasteiger charge is 2.20. The van der Waals surface area contributed by atoms with Crippen LogP contribution in [-0.2, 0) is 11.3 Å². The lowest BCUT2D eigenvalue weighted by Gasteiger charge is -2.21. The molecule has 0 aliphatic heterocycles. The summed E-state index contributed by atoms with van der Waals surface area (Å²) in [5.41, 5.74) is 1.09. The molecule has 0 aliphatic carbocycles. The van der Waals surface area contributed by atoms with E-state index < -0.39 is 12.0 Å². The summed E-state index contributed by atoms with van der Waals surface area (Å²) in [6.45, 7) is 6.82. The number of ether oxygens (including phenoxy) is 1. The third-order valence-corrected chi connectivity index (χ3v) is 3.04. The third kappa shape index (κ3) is 6.02. The van der Waals surface area contributed by atoms with Crippen LogP contribution in [0.5, 0.6) is 5.88 Å². The van der Waals surface area contributed by atoms with Crippen molar-refractivity contribution in [2.45, 2.75) is 46.2 Å². The standard InChI is InChI=1S/C15H24N2O3/c1-15(2,3)7-5-12(14(18)19)17-10-11-6-8-16-13(9-11)20-4/h6,8-9,12,17H,5,7,10H2,1-4H3,(H,18,19)/t12-/m0/s1. The molecule has 0 radical (unpaired) electrons. The summed E-state index contributed by atoms with van der Waals surface area (Å²) in [5.74, 6) is -0.277. The second-order valence-corrected chi connectivity index (χ2v) is 6.08. The fourth-order valence-electron chi connectivity index (χ4n) is 1.80. The van der Waals surface area contributed by atoms with Gasteiger partial charge >= 0.3 is 5.97 Å². The summed E-state index contributed by atoms with van der Waals surface area (Å²) in [4.78, 5) is 15.3. The Bertz CT molecular complexity index is 441. The highest BCUT2D eigenvalue weighted by molar-refractivity contribution is 5.73. The van der Waals surface area contributed by atoms with Crippen LogP contribution >= 0.6 is 0 Å². The van der Waals surface area contributed by atoms with E-state index in [1.165, 1.54) is 0 Å². The highest BCUT2D eigenvalue weighted by atomic mass is 16.5. The second-order valence-electron chi connectivity index (χ2n) is 6.08. The van der Waals surface area contributed by atoms with Crippen LogP contribution in [0.3, 0.4) is 0 Å². The van der Waals surface area contributed by atoms with Crippen LogP contribution in [0.15, 0.2) is 18.3 Å².